The molecule has 0 aliphatic rings. The van der Waals surface area contributed by atoms with Crippen molar-refractivity contribution < 1.29 is 29.3 Å². The Balaban J connectivity index is 2.23. The van der Waals surface area contributed by atoms with Crippen LogP contribution in [-0.2, 0) is 0 Å². The van der Waals surface area contributed by atoms with Crippen LogP contribution in [0.3, 0.4) is 0 Å². The van der Waals surface area contributed by atoms with Gasteiger partial charge in [-0.05, 0) is 48.5 Å². The molecule has 0 aliphatic heterocycles. The van der Waals surface area contributed by atoms with Crippen molar-refractivity contribution in [1.29, 1.82) is 0 Å². The van der Waals surface area contributed by atoms with Gasteiger partial charge in [-0.3, -0.25) is 0 Å². The summed E-state index contributed by atoms with van der Waals surface area (Å²) in [5.41, 5.74) is 1.21. The molecular weight excluding hydrogens is 374 g/mol. The molecule has 0 saturated heterocycles. The smallest absolute Gasteiger partial charge is 0.337 e. The molecule has 146 valence electrons. The van der Waals surface area contributed by atoms with Crippen LogP contribution in [0, 0.1) is 0 Å². The number of fused-ring (bicyclic) bond motifs is 3. The van der Waals surface area contributed by atoms with E-state index < -0.39 is 11.9 Å². The van der Waals surface area contributed by atoms with Crippen molar-refractivity contribution in [2.24, 2.45) is 0 Å². The Kier molecular flexibility index (Phi) is 4.35. The van der Waals surface area contributed by atoms with Gasteiger partial charge in [-0.25, -0.2) is 9.59 Å². The van der Waals surface area contributed by atoms with Crippen molar-refractivity contribution in [3.05, 3.63) is 65.7 Å². The molecular formula is C22H17NO6. The van der Waals surface area contributed by atoms with Crippen LogP contribution in [0.25, 0.3) is 27.5 Å². The molecule has 0 saturated carbocycles. The molecule has 1 aromatic heterocycles. The molecule has 1 heterocycles. The number of hydrogen-bond donors (Lipinski definition) is 2. The third-order valence-corrected chi connectivity index (χ3v) is 4.90. The highest BCUT2D eigenvalue weighted by Crippen LogP contribution is 2.37. The van der Waals surface area contributed by atoms with Crippen LogP contribution in [0.4, 0.5) is 0 Å². The molecule has 0 fully saturated rings. The van der Waals surface area contributed by atoms with Crippen LogP contribution in [0.15, 0.2) is 54.6 Å². The molecule has 0 radical (unpaired) electrons. The van der Waals surface area contributed by atoms with E-state index >= 15 is 0 Å². The number of para-hydroxylation sites is 1. The fraction of sp³-hybridized carbons (Fsp3) is 0.0909. The maximum Gasteiger partial charge on any atom is 0.337 e. The van der Waals surface area contributed by atoms with E-state index in [2.05, 4.69) is 0 Å². The largest absolute Gasteiger partial charge is 0.497 e. The van der Waals surface area contributed by atoms with Crippen LogP contribution < -0.4 is 9.47 Å². The second kappa shape index (κ2) is 6.87. The van der Waals surface area contributed by atoms with Gasteiger partial charge in [-0.1, -0.05) is 6.07 Å². The van der Waals surface area contributed by atoms with E-state index in [1.54, 1.807) is 43.1 Å². The van der Waals surface area contributed by atoms with Crippen LogP contribution in [0.5, 0.6) is 11.5 Å². The molecule has 0 amide bonds. The number of benzene rings is 3. The first kappa shape index (κ1) is 18.4. The minimum atomic E-state index is -1.21. The molecule has 0 aliphatic carbocycles. The zero-order valence-corrected chi connectivity index (χ0v) is 15.7. The second-order valence-corrected chi connectivity index (χ2v) is 6.41. The Morgan fingerprint density at radius 2 is 1.21 bits per heavy atom. The Morgan fingerprint density at radius 1 is 0.759 bits per heavy atom. The average Bonchev–Trinajstić information content (AvgIpc) is 3.05. The fourth-order valence-electron chi connectivity index (χ4n) is 3.61. The lowest BCUT2D eigenvalue weighted by Crippen LogP contribution is -2.12. The first-order valence-electron chi connectivity index (χ1n) is 8.72. The molecule has 7 heteroatoms. The quantitative estimate of drug-likeness (QED) is 0.529. The fourth-order valence-corrected chi connectivity index (χ4v) is 3.61. The number of carbonyl (C=O) groups is 2. The summed E-state index contributed by atoms with van der Waals surface area (Å²) < 4.78 is 12.3. The third kappa shape index (κ3) is 2.84. The Labute approximate surface area is 165 Å². The van der Waals surface area contributed by atoms with Gasteiger partial charge in [0.05, 0.1) is 42.1 Å². The van der Waals surface area contributed by atoms with Gasteiger partial charge in [0.2, 0.25) is 0 Å². The number of methoxy groups -OCH3 is 2. The molecule has 0 bridgehead atoms. The molecule has 0 atom stereocenters. The summed E-state index contributed by atoms with van der Waals surface area (Å²) in [6, 6.07) is 14.9. The number of aromatic nitrogens is 1. The van der Waals surface area contributed by atoms with E-state index in [0.717, 1.165) is 10.8 Å². The van der Waals surface area contributed by atoms with Crippen molar-refractivity contribution >= 4 is 33.7 Å². The minimum Gasteiger partial charge on any atom is -0.497 e. The van der Waals surface area contributed by atoms with Crippen LogP contribution >= 0.6 is 0 Å². The van der Waals surface area contributed by atoms with Gasteiger partial charge in [-0.15, -0.1) is 0 Å². The minimum absolute atomic E-state index is 0.0998. The molecule has 3 aromatic carbocycles. The summed E-state index contributed by atoms with van der Waals surface area (Å²) in [4.78, 5) is 23.8. The SMILES string of the molecule is COc1ccc2c(c1)c1cc(OC)ccc1n2-c1c(C(=O)O)cccc1C(=O)O. The van der Waals surface area contributed by atoms with Gasteiger partial charge >= 0.3 is 11.9 Å². The number of carboxylic acid groups (broad SMARTS) is 2. The van der Waals surface area contributed by atoms with E-state index in [1.165, 1.54) is 18.2 Å². The maximum absolute atomic E-state index is 11.9. The number of nitrogens with zero attached hydrogens (tertiary/aromatic N) is 1. The summed E-state index contributed by atoms with van der Waals surface area (Å²) in [5.74, 6) is -1.16. The summed E-state index contributed by atoms with van der Waals surface area (Å²) in [6.07, 6.45) is 0. The van der Waals surface area contributed by atoms with Crippen LogP contribution in [0.1, 0.15) is 20.7 Å². The molecule has 7 nitrogen and oxygen atoms in total. The van der Waals surface area contributed by atoms with Gasteiger partial charge < -0.3 is 24.3 Å². The van der Waals surface area contributed by atoms with Gasteiger partial charge in [0.1, 0.15) is 11.5 Å². The highest BCUT2D eigenvalue weighted by atomic mass is 16.5. The Morgan fingerprint density at radius 3 is 1.59 bits per heavy atom. The third-order valence-electron chi connectivity index (χ3n) is 4.90. The number of hydrogen-bond acceptors (Lipinski definition) is 4. The van der Waals surface area contributed by atoms with E-state index in [-0.39, 0.29) is 16.8 Å². The van der Waals surface area contributed by atoms with E-state index in [9.17, 15) is 19.8 Å². The molecule has 29 heavy (non-hydrogen) atoms. The normalized spacial score (nSPS) is 11.0. The lowest BCUT2D eigenvalue weighted by Gasteiger charge is -2.14. The second-order valence-electron chi connectivity index (χ2n) is 6.41. The lowest BCUT2D eigenvalue weighted by atomic mass is 10.1. The molecule has 2 N–H and O–H groups in total. The number of rotatable bonds is 5. The van der Waals surface area contributed by atoms with Gasteiger partial charge in [0.25, 0.3) is 0 Å². The average molecular weight is 391 g/mol. The van der Waals surface area contributed by atoms with E-state index in [4.69, 9.17) is 9.47 Å². The van der Waals surface area contributed by atoms with E-state index in [0.29, 0.717) is 22.5 Å². The van der Waals surface area contributed by atoms with Gasteiger partial charge in [-0.2, -0.15) is 0 Å². The summed E-state index contributed by atoms with van der Waals surface area (Å²) in [5, 5.41) is 21.0. The molecule has 0 unspecified atom stereocenters. The van der Waals surface area contributed by atoms with Gasteiger partial charge in [0, 0.05) is 10.8 Å². The van der Waals surface area contributed by atoms with Crippen molar-refractivity contribution in [3.63, 3.8) is 0 Å². The summed E-state index contributed by atoms with van der Waals surface area (Å²) in [7, 11) is 3.12. The standard InChI is InChI=1S/C22H17NO6/c1-28-12-6-8-18-16(10-12)17-11-13(29-2)7-9-19(17)23(18)20-14(21(24)25)4-3-5-15(20)22(26)27/h3-11H,1-2H3,(H,24,25)(H,26,27). The first-order valence-corrected chi connectivity index (χ1v) is 8.72. The predicted molar refractivity (Wildman–Crippen MR) is 108 cm³/mol. The van der Waals surface area contributed by atoms with Crippen molar-refractivity contribution in [3.8, 4) is 17.2 Å². The number of carboxylic acids is 2. The zero-order chi connectivity index (χ0) is 20.7. The molecule has 4 rings (SSSR count). The molecule has 4 aromatic rings. The number of aromatic carboxylic acids is 2. The van der Waals surface area contributed by atoms with Crippen LogP contribution in [-0.4, -0.2) is 40.9 Å². The number of ether oxygens (including phenoxy) is 2. The topological polar surface area (TPSA) is 98.0 Å². The van der Waals surface area contributed by atoms with Crippen LogP contribution in [0.2, 0.25) is 0 Å². The first-order chi connectivity index (χ1) is 14.0. The van der Waals surface area contributed by atoms with Crippen molar-refractivity contribution in [2.45, 2.75) is 0 Å². The predicted octanol–water partition coefficient (Wildman–Crippen LogP) is 4.20. The zero-order valence-electron chi connectivity index (χ0n) is 15.7. The Hall–Kier alpha value is -4.00. The highest BCUT2D eigenvalue weighted by molar-refractivity contribution is 6.12. The van der Waals surface area contributed by atoms with E-state index in [1.807, 2.05) is 12.1 Å². The summed E-state index contributed by atoms with van der Waals surface area (Å²) >= 11 is 0. The highest BCUT2D eigenvalue weighted by Gasteiger charge is 2.24. The lowest BCUT2D eigenvalue weighted by molar-refractivity contribution is 0.0696. The summed E-state index contributed by atoms with van der Waals surface area (Å²) in [6.45, 7) is 0. The Bertz CT molecular complexity index is 1190. The molecule has 0 spiro atoms. The van der Waals surface area contributed by atoms with Gasteiger partial charge in [0.15, 0.2) is 0 Å². The monoisotopic (exact) mass is 391 g/mol. The van der Waals surface area contributed by atoms with Crippen molar-refractivity contribution in [1.82, 2.24) is 4.57 Å². The maximum atomic E-state index is 11.9. The van der Waals surface area contributed by atoms with Crippen molar-refractivity contribution in [2.75, 3.05) is 14.2 Å².